The number of nitrogens with two attached hydrogens (primary N) is 1. The van der Waals surface area contributed by atoms with Crippen LogP contribution in [0.5, 0.6) is 0 Å². The van der Waals surface area contributed by atoms with Crippen LogP contribution < -0.4 is 5.73 Å². The van der Waals surface area contributed by atoms with E-state index >= 15 is 0 Å². The van der Waals surface area contributed by atoms with Crippen LogP contribution in [0.2, 0.25) is 0 Å². The quantitative estimate of drug-likeness (QED) is 0.673. The van der Waals surface area contributed by atoms with Gasteiger partial charge in [-0.3, -0.25) is 0 Å². The van der Waals surface area contributed by atoms with Gasteiger partial charge >= 0.3 is 12.4 Å². The van der Waals surface area contributed by atoms with Crippen molar-refractivity contribution in [3.05, 3.63) is 29.8 Å². The Kier molecular flexibility index (Phi) is 4.58. The predicted molar refractivity (Wildman–Crippen MR) is 60.9 cm³/mol. The van der Waals surface area contributed by atoms with Crippen LogP contribution in [-0.4, -0.2) is 19.0 Å². The number of hydrogen-bond donors (Lipinski definition) is 1. The molecule has 20 heavy (non-hydrogen) atoms. The summed E-state index contributed by atoms with van der Waals surface area (Å²) in [7, 11) is 0. The molecule has 114 valence electrons. The number of benzene rings is 1. The fraction of sp³-hybridized carbons (Fsp3) is 0.500. The first-order chi connectivity index (χ1) is 9.06. The standard InChI is InChI=1S/C12H13F6NO/c1-2-7-20-10(11(13,14)15,12(16,17)18)8-3-5-9(19)6-4-8/h3-6H,2,7,19H2,1H3. The summed E-state index contributed by atoms with van der Waals surface area (Å²) in [5.74, 6) is 0. The fourth-order valence-electron chi connectivity index (χ4n) is 1.71. The lowest BCUT2D eigenvalue weighted by Crippen LogP contribution is -2.56. The second-order valence-electron chi connectivity index (χ2n) is 4.15. The summed E-state index contributed by atoms with van der Waals surface area (Å²) in [5.41, 5.74) is -0.0423. The van der Waals surface area contributed by atoms with Gasteiger partial charge < -0.3 is 10.5 Å². The first-order valence-corrected chi connectivity index (χ1v) is 5.69. The summed E-state index contributed by atoms with van der Waals surface area (Å²) in [6, 6.07) is 3.28. The molecule has 1 aromatic carbocycles. The molecule has 0 radical (unpaired) electrons. The van der Waals surface area contributed by atoms with Crippen molar-refractivity contribution in [3.63, 3.8) is 0 Å². The second kappa shape index (κ2) is 5.51. The van der Waals surface area contributed by atoms with Crippen LogP contribution in [0.25, 0.3) is 0 Å². The monoisotopic (exact) mass is 301 g/mol. The Labute approximate surface area is 111 Å². The normalized spacial score (nSPS) is 13.6. The Morgan fingerprint density at radius 2 is 1.40 bits per heavy atom. The van der Waals surface area contributed by atoms with Crippen molar-refractivity contribution < 1.29 is 31.1 Å². The highest BCUT2D eigenvalue weighted by atomic mass is 19.4. The summed E-state index contributed by atoms with van der Waals surface area (Å²) in [6.45, 7) is 0.740. The van der Waals surface area contributed by atoms with Crippen molar-refractivity contribution in [1.29, 1.82) is 0 Å². The Hall–Kier alpha value is -1.44. The van der Waals surface area contributed by atoms with Crippen LogP contribution >= 0.6 is 0 Å². The Morgan fingerprint density at radius 3 is 1.75 bits per heavy atom. The molecule has 1 aromatic rings. The van der Waals surface area contributed by atoms with E-state index in [1.165, 1.54) is 6.92 Å². The van der Waals surface area contributed by atoms with Crippen molar-refractivity contribution >= 4 is 5.69 Å². The Balaban J connectivity index is 3.48. The number of halogens is 6. The van der Waals surface area contributed by atoms with Crippen molar-refractivity contribution in [2.75, 3.05) is 12.3 Å². The lowest BCUT2D eigenvalue weighted by atomic mass is 9.91. The van der Waals surface area contributed by atoms with Gasteiger partial charge in [-0.2, -0.15) is 26.3 Å². The molecule has 8 heteroatoms. The minimum Gasteiger partial charge on any atom is -0.399 e. The topological polar surface area (TPSA) is 35.2 Å². The average Bonchev–Trinajstić information content (AvgIpc) is 2.28. The molecule has 0 aromatic heterocycles. The third-order valence-electron chi connectivity index (χ3n) is 2.64. The van der Waals surface area contributed by atoms with Gasteiger partial charge in [0.1, 0.15) is 0 Å². The van der Waals surface area contributed by atoms with Gasteiger partial charge in [0, 0.05) is 17.9 Å². The maximum atomic E-state index is 13.1. The van der Waals surface area contributed by atoms with E-state index in [9.17, 15) is 26.3 Å². The molecule has 2 nitrogen and oxygen atoms in total. The third-order valence-corrected chi connectivity index (χ3v) is 2.64. The molecule has 0 saturated carbocycles. The fourth-order valence-corrected chi connectivity index (χ4v) is 1.71. The molecule has 0 unspecified atom stereocenters. The second-order valence-corrected chi connectivity index (χ2v) is 4.15. The molecular formula is C12H13F6NO. The highest BCUT2D eigenvalue weighted by Crippen LogP contribution is 2.53. The number of anilines is 1. The van der Waals surface area contributed by atoms with Crippen molar-refractivity contribution in [2.24, 2.45) is 0 Å². The van der Waals surface area contributed by atoms with E-state index in [1.54, 1.807) is 0 Å². The average molecular weight is 301 g/mol. The van der Waals surface area contributed by atoms with Gasteiger partial charge in [-0.25, -0.2) is 0 Å². The number of hydrogen-bond acceptors (Lipinski definition) is 2. The summed E-state index contributed by atoms with van der Waals surface area (Å²) in [5, 5.41) is 0. The Morgan fingerprint density at radius 1 is 0.950 bits per heavy atom. The third kappa shape index (κ3) is 2.84. The maximum absolute atomic E-state index is 13.1. The van der Waals surface area contributed by atoms with Crippen LogP contribution in [0, 0.1) is 0 Å². The molecule has 0 aliphatic carbocycles. The smallest absolute Gasteiger partial charge is 0.399 e. The molecule has 0 heterocycles. The van der Waals surface area contributed by atoms with E-state index in [1.807, 2.05) is 0 Å². The van der Waals surface area contributed by atoms with Crippen LogP contribution in [-0.2, 0) is 10.3 Å². The molecule has 0 amide bonds. The molecule has 0 aliphatic heterocycles. The summed E-state index contributed by atoms with van der Waals surface area (Å²) < 4.78 is 82.9. The lowest BCUT2D eigenvalue weighted by molar-refractivity contribution is -0.389. The first-order valence-electron chi connectivity index (χ1n) is 5.69. The molecule has 1 rings (SSSR count). The van der Waals surface area contributed by atoms with Crippen molar-refractivity contribution in [3.8, 4) is 0 Å². The number of nitrogen functional groups attached to an aromatic ring is 1. The highest BCUT2D eigenvalue weighted by Gasteiger charge is 2.73. The van der Waals surface area contributed by atoms with Gasteiger partial charge in [-0.05, 0) is 18.6 Å². The maximum Gasteiger partial charge on any atom is 0.430 e. The molecule has 0 aliphatic rings. The lowest BCUT2D eigenvalue weighted by Gasteiger charge is -2.37. The van der Waals surface area contributed by atoms with E-state index in [0.29, 0.717) is 12.1 Å². The molecule has 0 fully saturated rings. The van der Waals surface area contributed by atoms with Gasteiger partial charge in [0.15, 0.2) is 0 Å². The minimum atomic E-state index is -5.64. The first kappa shape index (κ1) is 16.6. The number of ether oxygens (including phenoxy) is 1. The molecule has 2 N–H and O–H groups in total. The van der Waals surface area contributed by atoms with Crippen LogP contribution in [0.15, 0.2) is 24.3 Å². The molecule has 0 spiro atoms. The molecule has 0 atom stereocenters. The van der Waals surface area contributed by atoms with Gasteiger partial charge in [0.05, 0.1) is 0 Å². The SMILES string of the molecule is CCCOC(c1ccc(N)cc1)(C(F)(F)F)C(F)(F)F. The molecular weight excluding hydrogens is 288 g/mol. The zero-order valence-electron chi connectivity index (χ0n) is 10.5. The van der Waals surface area contributed by atoms with E-state index in [-0.39, 0.29) is 12.1 Å². The predicted octanol–water partition coefficient (Wildman–Crippen LogP) is 4.02. The van der Waals surface area contributed by atoms with Gasteiger partial charge in [0.25, 0.3) is 5.60 Å². The van der Waals surface area contributed by atoms with Gasteiger partial charge in [0.2, 0.25) is 0 Å². The van der Waals surface area contributed by atoms with Crippen LogP contribution in [0.3, 0.4) is 0 Å². The summed E-state index contributed by atoms with van der Waals surface area (Å²) in [4.78, 5) is 0. The summed E-state index contributed by atoms with van der Waals surface area (Å²) in [6.07, 6.45) is -11.3. The van der Waals surface area contributed by atoms with Gasteiger partial charge in [-0.15, -0.1) is 0 Å². The van der Waals surface area contributed by atoms with E-state index in [2.05, 4.69) is 4.74 Å². The molecule has 0 bridgehead atoms. The molecule has 0 saturated heterocycles. The number of alkyl halides is 6. The van der Waals surface area contributed by atoms with Gasteiger partial charge in [-0.1, -0.05) is 19.1 Å². The Bertz CT molecular complexity index is 423. The number of rotatable bonds is 4. The van der Waals surface area contributed by atoms with E-state index in [4.69, 9.17) is 5.73 Å². The van der Waals surface area contributed by atoms with Crippen LogP contribution in [0.4, 0.5) is 32.0 Å². The van der Waals surface area contributed by atoms with E-state index in [0.717, 1.165) is 12.1 Å². The van der Waals surface area contributed by atoms with Crippen molar-refractivity contribution in [2.45, 2.75) is 31.3 Å². The summed E-state index contributed by atoms with van der Waals surface area (Å²) >= 11 is 0. The van der Waals surface area contributed by atoms with Crippen LogP contribution in [0.1, 0.15) is 18.9 Å². The van der Waals surface area contributed by atoms with Crippen molar-refractivity contribution in [1.82, 2.24) is 0 Å². The largest absolute Gasteiger partial charge is 0.430 e. The van der Waals surface area contributed by atoms with E-state index < -0.39 is 30.1 Å². The highest BCUT2D eigenvalue weighted by molar-refractivity contribution is 5.42. The zero-order valence-corrected chi connectivity index (χ0v) is 10.5. The minimum absolute atomic E-state index is 0.0167. The zero-order chi connectivity index (χ0) is 15.6.